The molecule has 1 aliphatic rings. The number of carbonyl (C=O) groups is 1. The normalized spacial score (nSPS) is 13.1. The molecule has 0 radical (unpaired) electrons. The van der Waals surface area contributed by atoms with Crippen LogP contribution in [0.3, 0.4) is 0 Å². The lowest BCUT2D eigenvalue weighted by Crippen LogP contribution is -2.23. The van der Waals surface area contributed by atoms with Crippen molar-refractivity contribution in [1.82, 2.24) is 4.98 Å². The van der Waals surface area contributed by atoms with Crippen LogP contribution < -0.4 is 15.0 Å². The fraction of sp³-hybridized carbons (Fsp3) is 0.217. The van der Waals surface area contributed by atoms with Crippen molar-refractivity contribution in [3.05, 3.63) is 88.1 Å². The summed E-state index contributed by atoms with van der Waals surface area (Å²) in [6.45, 7) is 2.05. The SMILES string of the molecule is O=C(Nc1ccc(OCc2ccccc2)nc1)c1cc([N+](=O)[O-])ccc1N1CCCC1. The number of hydrogen-bond acceptors (Lipinski definition) is 6. The first kappa shape index (κ1) is 20.3. The highest BCUT2D eigenvalue weighted by molar-refractivity contribution is 6.08. The van der Waals surface area contributed by atoms with E-state index in [0.717, 1.165) is 31.5 Å². The van der Waals surface area contributed by atoms with Crippen molar-refractivity contribution in [3.8, 4) is 5.88 Å². The molecule has 0 bridgehead atoms. The van der Waals surface area contributed by atoms with Crippen LogP contribution in [0.25, 0.3) is 0 Å². The molecular formula is C23H22N4O4. The number of rotatable bonds is 7. The summed E-state index contributed by atoms with van der Waals surface area (Å²) in [5, 5.41) is 14.0. The molecule has 31 heavy (non-hydrogen) atoms. The summed E-state index contributed by atoms with van der Waals surface area (Å²) in [6.07, 6.45) is 3.57. The van der Waals surface area contributed by atoms with E-state index in [9.17, 15) is 14.9 Å². The zero-order valence-corrected chi connectivity index (χ0v) is 16.9. The summed E-state index contributed by atoms with van der Waals surface area (Å²) in [6, 6.07) is 17.5. The van der Waals surface area contributed by atoms with Gasteiger partial charge in [-0.15, -0.1) is 0 Å². The molecule has 1 fully saturated rings. The average molecular weight is 418 g/mol. The first-order valence-electron chi connectivity index (χ1n) is 10.1. The van der Waals surface area contributed by atoms with Gasteiger partial charge >= 0.3 is 0 Å². The minimum absolute atomic E-state index is 0.115. The van der Waals surface area contributed by atoms with Crippen LogP contribution in [0.4, 0.5) is 17.1 Å². The zero-order valence-electron chi connectivity index (χ0n) is 16.9. The summed E-state index contributed by atoms with van der Waals surface area (Å²) in [7, 11) is 0. The molecule has 0 saturated carbocycles. The van der Waals surface area contributed by atoms with Gasteiger partial charge in [0.25, 0.3) is 11.6 Å². The number of carbonyl (C=O) groups excluding carboxylic acids is 1. The Morgan fingerprint density at radius 2 is 1.87 bits per heavy atom. The molecule has 2 heterocycles. The summed E-state index contributed by atoms with van der Waals surface area (Å²) in [4.78, 5) is 30.0. The van der Waals surface area contributed by atoms with Crippen LogP contribution in [0.2, 0.25) is 0 Å². The Balaban J connectivity index is 1.47. The smallest absolute Gasteiger partial charge is 0.270 e. The van der Waals surface area contributed by atoms with Gasteiger partial charge in [-0.25, -0.2) is 4.98 Å². The van der Waals surface area contributed by atoms with Crippen molar-refractivity contribution >= 4 is 23.0 Å². The molecule has 3 aromatic rings. The number of nitrogens with one attached hydrogen (secondary N) is 1. The second-order valence-electron chi connectivity index (χ2n) is 7.27. The molecule has 1 N–H and O–H groups in total. The van der Waals surface area contributed by atoms with E-state index in [1.807, 2.05) is 30.3 Å². The number of nitro benzene ring substituents is 1. The molecule has 0 spiro atoms. The Morgan fingerprint density at radius 3 is 2.55 bits per heavy atom. The van der Waals surface area contributed by atoms with E-state index < -0.39 is 10.8 Å². The summed E-state index contributed by atoms with van der Waals surface area (Å²) < 4.78 is 5.66. The number of benzene rings is 2. The zero-order chi connectivity index (χ0) is 21.6. The monoisotopic (exact) mass is 418 g/mol. The molecule has 8 heteroatoms. The van der Waals surface area contributed by atoms with Crippen molar-refractivity contribution in [2.24, 2.45) is 0 Å². The molecule has 8 nitrogen and oxygen atoms in total. The lowest BCUT2D eigenvalue weighted by Gasteiger charge is -2.20. The molecule has 0 aliphatic carbocycles. The fourth-order valence-corrected chi connectivity index (χ4v) is 3.52. The van der Waals surface area contributed by atoms with Crippen LogP contribution in [-0.2, 0) is 6.61 Å². The maximum absolute atomic E-state index is 12.9. The van der Waals surface area contributed by atoms with Crippen molar-refractivity contribution in [1.29, 1.82) is 0 Å². The Bertz CT molecular complexity index is 1060. The number of anilines is 2. The van der Waals surface area contributed by atoms with Crippen molar-refractivity contribution in [2.45, 2.75) is 19.4 Å². The van der Waals surface area contributed by atoms with Gasteiger partial charge in [0.05, 0.1) is 28.1 Å². The van der Waals surface area contributed by atoms with Gasteiger partial charge in [-0.2, -0.15) is 0 Å². The van der Waals surface area contributed by atoms with Gasteiger partial charge in [0.2, 0.25) is 5.88 Å². The Labute approximate surface area is 179 Å². The quantitative estimate of drug-likeness (QED) is 0.451. The minimum Gasteiger partial charge on any atom is -0.473 e. The van der Waals surface area contributed by atoms with E-state index in [0.29, 0.717) is 23.9 Å². The molecule has 0 unspecified atom stereocenters. The van der Waals surface area contributed by atoms with Crippen LogP contribution in [0.15, 0.2) is 66.9 Å². The van der Waals surface area contributed by atoms with Gasteiger partial charge in [-0.05, 0) is 30.5 Å². The molecule has 158 valence electrons. The van der Waals surface area contributed by atoms with Gasteiger partial charge < -0.3 is 15.0 Å². The van der Waals surface area contributed by atoms with Gasteiger partial charge in [0, 0.05) is 31.3 Å². The van der Waals surface area contributed by atoms with Gasteiger partial charge in [-0.1, -0.05) is 30.3 Å². The second-order valence-corrected chi connectivity index (χ2v) is 7.27. The van der Waals surface area contributed by atoms with Gasteiger partial charge in [0.15, 0.2) is 0 Å². The third-order valence-electron chi connectivity index (χ3n) is 5.11. The largest absolute Gasteiger partial charge is 0.473 e. The Morgan fingerprint density at radius 1 is 1.10 bits per heavy atom. The number of nitrogens with zero attached hydrogens (tertiary/aromatic N) is 3. The molecule has 0 atom stereocenters. The number of pyridine rings is 1. The average Bonchev–Trinajstić information content (AvgIpc) is 3.33. The van der Waals surface area contributed by atoms with Crippen LogP contribution in [0.5, 0.6) is 5.88 Å². The number of amides is 1. The van der Waals surface area contributed by atoms with Crippen molar-refractivity contribution in [3.63, 3.8) is 0 Å². The number of ether oxygens (including phenoxy) is 1. The van der Waals surface area contributed by atoms with Gasteiger partial charge in [0.1, 0.15) is 6.61 Å². The van der Waals surface area contributed by atoms with Crippen LogP contribution in [-0.4, -0.2) is 28.9 Å². The highest BCUT2D eigenvalue weighted by Gasteiger charge is 2.22. The third-order valence-corrected chi connectivity index (χ3v) is 5.11. The highest BCUT2D eigenvalue weighted by Crippen LogP contribution is 2.29. The highest BCUT2D eigenvalue weighted by atomic mass is 16.6. The molecule has 1 amide bonds. The Hall–Kier alpha value is -3.94. The van der Waals surface area contributed by atoms with E-state index in [2.05, 4.69) is 15.2 Å². The lowest BCUT2D eigenvalue weighted by molar-refractivity contribution is -0.384. The maximum atomic E-state index is 12.9. The summed E-state index contributed by atoms with van der Waals surface area (Å²) >= 11 is 0. The summed E-state index contributed by atoms with van der Waals surface area (Å²) in [5.74, 6) is 0.0281. The lowest BCUT2D eigenvalue weighted by atomic mass is 10.1. The van der Waals surface area contributed by atoms with E-state index in [4.69, 9.17) is 4.74 Å². The molecule has 1 aromatic heterocycles. The first-order valence-corrected chi connectivity index (χ1v) is 10.1. The van der Waals surface area contributed by atoms with Crippen LogP contribution in [0, 0.1) is 10.1 Å². The molecule has 1 saturated heterocycles. The number of aromatic nitrogens is 1. The minimum atomic E-state index is -0.495. The van der Waals surface area contributed by atoms with E-state index in [1.54, 1.807) is 18.2 Å². The van der Waals surface area contributed by atoms with Crippen LogP contribution in [0.1, 0.15) is 28.8 Å². The molecule has 1 aliphatic heterocycles. The predicted octanol–water partition coefficient (Wildman–Crippen LogP) is 4.42. The van der Waals surface area contributed by atoms with Crippen molar-refractivity contribution in [2.75, 3.05) is 23.3 Å². The molecular weight excluding hydrogens is 396 g/mol. The molecule has 4 rings (SSSR count). The van der Waals surface area contributed by atoms with E-state index >= 15 is 0 Å². The standard InChI is InChI=1S/C23H22N4O4/c28-23(20-14-19(27(29)30)9-10-21(20)26-12-4-5-13-26)25-18-8-11-22(24-15-18)31-16-17-6-2-1-3-7-17/h1-3,6-11,14-15H,4-5,12-13,16H2,(H,25,28). The predicted molar refractivity (Wildman–Crippen MR) is 118 cm³/mol. The first-order chi connectivity index (χ1) is 15.1. The third kappa shape index (κ3) is 4.98. The number of hydrogen-bond donors (Lipinski definition) is 1. The molecule has 2 aromatic carbocycles. The van der Waals surface area contributed by atoms with E-state index in [1.165, 1.54) is 18.3 Å². The van der Waals surface area contributed by atoms with Crippen LogP contribution >= 0.6 is 0 Å². The Kier molecular flexibility index (Phi) is 6.07. The number of nitro groups is 1. The maximum Gasteiger partial charge on any atom is 0.270 e. The van der Waals surface area contributed by atoms with Gasteiger partial charge in [-0.3, -0.25) is 14.9 Å². The number of non-ortho nitro benzene ring substituents is 1. The second kappa shape index (κ2) is 9.25. The topological polar surface area (TPSA) is 97.6 Å². The summed E-state index contributed by atoms with van der Waals surface area (Å²) in [5.41, 5.74) is 2.38. The van der Waals surface area contributed by atoms with Crippen molar-refractivity contribution < 1.29 is 14.5 Å². The fourth-order valence-electron chi connectivity index (χ4n) is 3.52. The van der Waals surface area contributed by atoms with E-state index in [-0.39, 0.29) is 11.3 Å².